The Morgan fingerprint density at radius 1 is 1.07 bits per heavy atom. The highest BCUT2D eigenvalue weighted by atomic mass is 32.2. The lowest BCUT2D eigenvalue weighted by Crippen LogP contribution is -2.26. The molecule has 0 aliphatic carbocycles. The lowest BCUT2D eigenvalue weighted by atomic mass is 10.1. The molecule has 0 atom stereocenters. The van der Waals surface area contributed by atoms with Crippen molar-refractivity contribution in [3.8, 4) is 17.0 Å². The number of nitrogens with zero attached hydrogens (tertiary/aromatic N) is 4. The minimum Gasteiger partial charge on any atom is -0.481 e. The van der Waals surface area contributed by atoms with E-state index in [1.54, 1.807) is 18.9 Å². The van der Waals surface area contributed by atoms with Crippen molar-refractivity contribution in [3.63, 3.8) is 0 Å². The molecule has 0 saturated heterocycles. The second-order valence-electron chi connectivity index (χ2n) is 6.53. The second kappa shape index (κ2) is 8.65. The summed E-state index contributed by atoms with van der Waals surface area (Å²) < 4.78 is 7.49. The summed E-state index contributed by atoms with van der Waals surface area (Å²) in [6.07, 6.45) is 6.44. The minimum absolute atomic E-state index is 0.633. The van der Waals surface area contributed by atoms with Gasteiger partial charge in [0, 0.05) is 42.2 Å². The molecular weight excluding hydrogens is 356 g/mol. The highest BCUT2D eigenvalue weighted by Gasteiger charge is 2.20. The van der Waals surface area contributed by atoms with Gasteiger partial charge in [-0.05, 0) is 44.2 Å². The summed E-state index contributed by atoms with van der Waals surface area (Å²) in [6, 6.07) is 8.19. The summed E-state index contributed by atoms with van der Waals surface area (Å²) in [6.45, 7) is 8.52. The highest BCUT2D eigenvalue weighted by Crippen LogP contribution is 2.35. The normalized spacial score (nSPS) is 11.1. The molecule has 0 aliphatic rings. The van der Waals surface area contributed by atoms with E-state index in [0.29, 0.717) is 5.88 Å². The van der Waals surface area contributed by atoms with Crippen molar-refractivity contribution < 1.29 is 4.74 Å². The van der Waals surface area contributed by atoms with Crippen LogP contribution in [0.5, 0.6) is 5.88 Å². The van der Waals surface area contributed by atoms with E-state index >= 15 is 0 Å². The number of hydrogen-bond donors (Lipinski definition) is 0. The Labute approximate surface area is 165 Å². The molecule has 0 bridgehead atoms. The van der Waals surface area contributed by atoms with Gasteiger partial charge in [0.1, 0.15) is 16.5 Å². The van der Waals surface area contributed by atoms with E-state index in [9.17, 15) is 0 Å². The zero-order valence-electron chi connectivity index (χ0n) is 16.8. The predicted molar refractivity (Wildman–Crippen MR) is 114 cm³/mol. The average Bonchev–Trinajstić information content (AvgIpc) is 3.06. The quantitative estimate of drug-likeness (QED) is 0.508. The van der Waals surface area contributed by atoms with Crippen molar-refractivity contribution in [3.05, 3.63) is 36.2 Å². The van der Waals surface area contributed by atoms with Gasteiger partial charge in [0.05, 0.1) is 7.11 Å². The van der Waals surface area contributed by atoms with E-state index in [1.807, 2.05) is 13.0 Å². The number of anilines is 1. The van der Waals surface area contributed by atoms with E-state index in [-0.39, 0.29) is 0 Å². The monoisotopic (exact) mass is 384 g/mol. The third kappa shape index (κ3) is 3.76. The number of thioether (sulfide) groups is 1. The molecule has 6 heteroatoms. The number of aromatic nitrogens is 3. The number of hydrogen-bond acceptors (Lipinski definition) is 5. The Balaban J connectivity index is 2.20. The van der Waals surface area contributed by atoms with Crippen molar-refractivity contribution in [1.82, 2.24) is 14.4 Å². The third-order valence-electron chi connectivity index (χ3n) is 4.63. The maximum absolute atomic E-state index is 5.26. The molecule has 3 rings (SSSR count). The SMILES string of the molecule is CCCN(CCC)c1c(SC)nc2c(-c3ccc(OC)nc3C)cccn12. The Hall–Kier alpha value is -2.21. The van der Waals surface area contributed by atoms with Gasteiger partial charge < -0.3 is 9.64 Å². The number of ether oxygens (including phenoxy) is 1. The Kier molecular flexibility index (Phi) is 6.26. The molecule has 144 valence electrons. The maximum atomic E-state index is 5.26. The first-order chi connectivity index (χ1) is 13.1. The van der Waals surface area contributed by atoms with Crippen LogP contribution >= 0.6 is 11.8 Å². The molecule has 5 nitrogen and oxygen atoms in total. The van der Waals surface area contributed by atoms with E-state index in [1.165, 1.54) is 5.82 Å². The smallest absolute Gasteiger partial charge is 0.213 e. The fourth-order valence-electron chi connectivity index (χ4n) is 3.47. The summed E-state index contributed by atoms with van der Waals surface area (Å²) in [5.41, 5.74) is 4.10. The lowest BCUT2D eigenvalue weighted by Gasteiger charge is -2.24. The number of pyridine rings is 2. The van der Waals surface area contributed by atoms with Crippen molar-refractivity contribution >= 4 is 23.2 Å². The van der Waals surface area contributed by atoms with Crippen molar-refractivity contribution in [1.29, 1.82) is 0 Å². The largest absolute Gasteiger partial charge is 0.481 e. The third-order valence-corrected chi connectivity index (χ3v) is 5.29. The molecule has 0 amide bonds. The number of aryl methyl sites for hydroxylation is 1. The van der Waals surface area contributed by atoms with Crippen LogP contribution in [0.3, 0.4) is 0 Å². The molecule has 3 aromatic rings. The molecule has 3 heterocycles. The van der Waals surface area contributed by atoms with Crippen LogP contribution < -0.4 is 9.64 Å². The molecule has 27 heavy (non-hydrogen) atoms. The van der Waals surface area contributed by atoms with Gasteiger partial charge in [-0.3, -0.25) is 4.40 Å². The highest BCUT2D eigenvalue weighted by molar-refractivity contribution is 7.98. The van der Waals surface area contributed by atoms with Crippen LogP contribution in [-0.2, 0) is 0 Å². The van der Waals surface area contributed by atoms with Crippen LogP contribution in [0.25, 0.3) is 16.8 Å². The van der Waals surface area contributed by atoms with Crippen LogP contribution in [0.2, 0.25) is 0 Å². The van der Waals surface area contributed by atoms with Crippen LogP contribution in [0, 0.1) is 6.92 Å². The van der Waals surface area contributed by atoms with E-state index in [0.717, 1.165) is 53.4 Å². The zero-order chi connectivity index (χ0) is 19.4. The fourth-order valence-corrected chi connectivity index (χ4v) is 4.06. The minimum atomic E-state index is 0.633. The van der Waals surface area contributed by atoms with Crippen molar-refractivity contribution in [2.75, 3.05) is 31.4 Å². The lowest BCUT2D eigenvalue weighted by molar-refractivity contribution is 0.397. The van der Waals surface area contributed by atoms with Gasteiger partial charge in [-0.1, -0.05) is 13.8 Å². The fraction of sp³-hybridized carbons (Fsp3) is 0.429. The Morgan fingerprint density at radius 2 is 1.81 bits per heavy atom. The van der Waals surface area contributed by atoms with Gasteiger partial charge >= 0.3 is 0 Å². The maximum Gasteiger partial charge on any atom is 0.213 e. The van der Waals surface area contributed by atoms with Gasteiger partial charge in [-0.25, -0.2) is 9.97 Å². The first-order valence-electron chi connectivity index (χ1n) is 9.46. The number of imidazole rings is 1. The predicted octanol–water partition coefficient (Wildman–Crippen LogP) is 5.06. The van der Waals surface area contributed by atoms with E-state index < -0.39 is 0 Å². The van der Waals surface area contributed by atoms with Crippen molar-refractivity contribution in [2.24, 2.45) is 0 Å². The topological polar surface area (TPSA) is 42.7 Å². The summed E-state index contributed by atoms with van der Waals surface area (Å²) in [7, 11) is 1.64. The summed E-state index contributed by atoms with van der Waals surface area (Å²) >= 11 is 1.71. The number of methoxy groups -OCH3 is 1. The standard InChI is InChI=1S/C21H28N4OS/c1-6-12-24(13-7-2)21-20(27-5)23-19-17(9-8-14-25(19)21)16-10-11-18(26-4)22-15(16)3/h8-11,14H,6-7,12-13H2,1-5H3. The first-order valence-corrected chi connectivity index (χ1v) is 10.7. The molecule has 3 aromatic heterocycles. The van der Waals surface area contributed by atoms with Gasteiger partial charge in [0.25, 0.3) is 0 Å². The van der Waals surface area contributed by atoms with Gasteiger partial charge in [-0.2, -0.15) is 0 Å². The molecule has 0 saturated carbocycles. The van der Waals surface area contributed by atoms with E-state index in [4.69, 9.17) is 9.72 Å². The van der Waals surface area contributed by atoms with Crippen LogP contribution in [0.1, 0.15) is 32.4 Å². The van der Waals surface area contributed by atoms with Crippen LogP contribution in [0.15, 0.2) is 35.5 Å². The summed E-state index contributed by atoms with van der Waals surface area (Å²) in [5.74, 6) is 1.83. The van der Waals surface area contributed by atoms with E-state index in [2.05, 4.69) is 58.8 Å². The van der Waals surface area contributed by atoms with Gasteiger partial charge in [0.15, 0.2) is 0 Å². The average molecular weight is 385 g/mol. The molecule has 0 N–H and O–H groups in total. The molecule has 0 unspecified atom stereocenters. The Morgan fingerprint density at radius 3 is 2.41 bits per heavy atom. The molecule has 0 fully saturated rings. The number of rotatable bonds is 8. The molecule has 0 radical (unpaired) electrons. The molecule has 0 aliphatic heterocycles. The summed E-state index contributed by atoms with van der Waals surface area (Å²) in [5, 5.41) is 1.07. The van der Waals surface area contributed by atoms with Gasteiger partial charge in [-0.15, -0.1) is 11.8 Å². The van der Waals surface area contributed by atoms with Crippen LogP contribution in [0.4, 0.5) is 5.82 Å². The molecular formula is C21H28N4OS. The van der Waals surface area contributed by atoms with Crippen molar-refractivity contribution in [2.45, 2.75) is 38.6 Å². The zero-order valence-corrected chi connectivity index (χ0v) is 17.6. The summed E-state index contributed by atoms with van der Waals surface area (Å²) in [4.78, 5) is 12.0. The molecule has 0 spiro atoms. The first kappa shape index (κ1) is 19.5. The Bertz CT molecular complexity index is 916. The van der Waals surface area contributed by atoms with Crippen LogP contribution in [-0.4, -0.2) is 40.8 Å². The number of fused-ring (bicyclic) bond motifs is 1. The second-order valence-corrected chi connectivity index (χ2v) is 7.33. The molecule has 0 aromatic carbocycles. The van der Waals surface area contributed by atoms with Gasteiger partial charge in [0.2, 0.25) is 5.88 Å².